The molecule has 0 bridgehead atoms. The van der Waals surface area contributed by atoms with Crippen LogP contribution in [0, 0.1) is 10.1 Å². The van der Waals surface area contributed by atoms with E-state index in [9.17, 15) is 14.9 Å². The lowest BCUT2D eigenvalue weighted by atomic mass is 10.0. The molecule has 0 heterocycles. The molecule has 0 aliphatic heterocycles. The number of hydrogen-bond acceptors (Lipinski definition) is 4. The van der Waals surface area contributed by atoms with E-state index in [1.165, 1.54) is 12.1 Å². The van der Waals surface area contributed by atoms with E-state index in [0.29, 0.717) is 18.2 Å². The number of carbonyl (C=O) groups is 1. The molecule has 0 fully saturated rings. The van der Waals surface area contributed by atoms with Crippen molar-refractivity contribution < 1.29 is 14.5 Å². The SMILES string of the molecule is CC(CNC(=O)OCCCCc1ccc([N+](=O)[O-])cc1)c1ccc(Cl)cc1. The molecule has 0 aromatic heterocycles. The van der Waals surface area contributed by atoms with Crippen molar-refractivity contribution >= 4 is 23.4 Å². The molecule has 0 aliphatic carbocycles. The number of nitrogens with zero attached hydrogens (tertiary/aromatic N) is 1. The predicted octanol–water partition coefficient (Wildman–Crippen LogP) is 5.10. The topological polar surface area (TPSA) is 81.5 Å². The summed E-state index contributed by atoms with van der Waals surface area (Å²) in [5, 5.41) is 14.1. The number of ether oxygens (including phenoxy) is 1. The van der Waals surface area contributed by atoms with E-state index < -0.39 is 11.0 Å². The Kier molecular flexibility index (Phi) is 8.07. The molecule has 6 nitrogen and oxygen atoms in total. The van der Waals surface area contributed by atoms with Crippen LogP contribution in [0.1, 0.15) is 36.8 Å². The van der Waals surface area contributed by atoms with Gasteiger partial charge in [0.15, 0.2) is 0 Å². The summed E-state index contributed by atoms with van der Waals surface area (Å²) in [7, 11) is 0. The Balaban J connectivity index is 1.59. The third-order valence-electron chi connectivity index (χ3n) is 4.23. The molecule has 1 N–H and O–H groups in total. The zero-order chi connectivity index (χ0) is 19.6. The van der Waals surface area contributed by atoms with Crippen LogP contribution in [-0.2, 0) is 11.2 Å². The number of aryl methyl sites for hydroxylation is 1. The Hall–Kier alpha value is -2.60. The van der Waals surface area contributed by atoms with Gasteiger partial charge in [-0.25, -0.2) is 4.79 Å². The fraction of sp³-hybridized carbons (Fsp3) is 0.350. The van der Waals surface area contributed by atoms with Crippen molar-refractivity contribution in [1.82, 2.24) is 5.32 Å². The summed E-state index contributed by atoms with van der Waals surface area (Å²) < 4.78 is 5.18. The maximum Gasteiger partial charge on any atom is 0.407 e. The largest absolute Gasteiger partial charge is 0.450 e. The zero-order valence-electron chi connectivity index (χ0n) is 15.2. The number of rotatable bonds is 9. The van der Waals surface area contributed by atoms with Crippen LogP contribution in [0.2, 0.25) is 5.02 Å². The number of hydrogen-bond donors (Lipinski definition) is 1. The molecule has 2 aromatic rings. The van der Waals surface area contributed by atoms with Crippen molar-refractivity contribution in [3.63, 3.8) is 0 Å². The molecule has 1 unspecified atom stereocenters. The highest BCUT2D eigenvalue weighted by atomic mass is 35.5. The van der Waals surface area contributed by atoms with Gasteiger partial charge in [0.2, 0.25) is 0 Å². The van der Waals surface area contributed by atoms with Gasteiger partial charge in [0.25, 0.3) is 5.69 Å². The van der Waals surface area contributed by atoms with Crippen LogP contribution in [0.25, 0.3) is 0 Å². The number of benzene rings is 2. The molecule has 1 amide bonds. The average Bonchev–Trinajstić information content (AvgIpc) is 2.66. The van der Waals surface area contributed by atoms with Crippen LogP contribution in [0.15, 0.2) is 48.5 Å². The monoisotopic (exact) mass is 390 g/mol. The third-order valence-corrected chi connectivity index (χ3v) is 4.48. The first-order valence-corrected chi connectivity index (χ1v) is 9.23. The number of nitrogens with one attached hydrogen (secondary N) is 1. The van der Waals surface area contributed by atoms with Crippen LogP contribution < -0.4 is 5.32 Å². The Morgan fingerprint density at radius 2 is 1.81 bits per heavy atom. The van der Waals surface area contributed by atoms with E-state index in [1.54, 1.807) is 12.1 Å². The molecule has 0 saturated carbocycles. The first kappa shape index (κ1) is 20.7. The normalized spacial score (nSPS) is 11.6. The number of non-ortho nitro benzene ring substituents is 1. The van der Waals surface area contributed by atoms with E-state index in [-0.39, 0.29) is 11.6 Å². The minimum Gasteiger partial charge on any atom is -0.450 e. The molecule has 0 aliphatic rings. The van der Waals surface area contributed by atoms with E-state index in [0.717, 1.165) is 30.4 Å². The van der Waals surface area contributed by atoms with Crippen LogP contribution in [0.5, 0.6) is 0 Å². The molecular weight excluding hydrogens is 368 g/mol. The second-order valence-electron chi connectivity index (χ2n) is 6.35. The summed E-state index contributed by atoms with van der Waals surface area (Å²) in [6, 6.07) is 14.1. The molecule has 0 radical (unpaired) electrons. The van der Waals surface area contributed by atoms with Crippen molar-refractivity contribution in [2.75, 3.05) is 13.2 Å². The Bertz CT molecular complexity index is 748. The first-order valence-electron chi connectivity index (χ1n) is 8.85. The zero-order valence-corrected chi connectivity index (χ0v) is 15.9. The maximum atomic E-state index is 11.7. The lowest BCUT2D eigenvalue weighted by molar-refractivity contribution is -0.384. The molecule has 0 spiro atoms. The molecule has 2 rings (SSSR count). The third kappa shape index (κ3) is 7.27. The smallest absolute Gasteiger partial charge is 0.407 e. The van der Waals surface area contributed by atoms with Gasteiger partial charge in [0.05, 0.1) is 11.5 Å². The highest BCUT2D eigenvalue weighted by Crippen LogP contribution is 2.17. The molecule has 0 saturated heterocycles. The first-order chi connectivity index (χ1) is 13.0. The fourth-order valence-electron chi connectivity index (χ4n) is 2.58. The van der Waals surface area contributed by atoms with Crippen molar-refractivity contribution in [2.24, 2.45) is 0 Å². The van der Waals surface area contributed by atoms with Crippen LogP contribution in [-0.4, -0.2) is 24.2 Å². The summed E-state index contributed by atoms with van der Waals surface area (Å²) in [5.74, 6) is 0.164. The molecule has 144 valence electrons. The number of unbranched alkanes of at least 4 members (excludes halogenated alkanes) is 1. The Morgan fingerprint density at radius 3 is 2.44 bits per heavy atom. The molecule has 27 heavy (non-hydrogen) atoms. The molecular formula is C20H23ClN2O4. The number of amides is 1. The Labute approximate surface area is 163 Å². The summed E-state index contributed by atoms with van der Waals surface area (Å²) >= 11 is 5.87. The van der Waals surface area contributed by atoms with Gasteiger partial charge < -0.3 is 10.1 Å². The van der Waals surface area contributed by atoms with Gasteiger partial charge in [-0.1, -0.05) is 42.8 Å². The lowest BCUT2D eigenvalue weighted by Gasteiger charge is -2.13. The number of alkyl carbamates (subject to hydrolysis) is 1. The second kappa shape index (κ2) is 10.5. The standard InChI is InChI=1S/C20H23ClN2O4/c1-15(17-7-9-18(21)10-8-17)14-22-20(24)27-13-3-2-4-16-5-11-19(12-6-16)23(25)26/h5-12,15H,2-4,13-14H2,1H3,(H,22,24). The van der Waals surface area contributed by atoms with Crippen molar-refractivity contribution in [2.45, 2.75) is 32.1 Å². The summed E-state index contributed by atoms with van der Waals surface area (Å²) in [4.78, 5) is 21.9. The number of carbonyl (C=O) groups excluding carboxylic acids is 1. The minimum atomic E-state index is -0.425. The minimum absolute atomic E-state index is 0.0894. The van der Waals surface area contributed by atoms with Crippen molar-refractivity contribution in [3.8, 4) is 0 Å². The predicted molar refractivity (Wildman–Crippen MR) is 105 cm³/mol. The van der Waals surface area contributed by atoms with Crippen LogP contribution in [0.3, 0.4) is 0 Å². The van der Waals surface area contributed by atoms with E-state index in [1.807, 2.05) is 31.2 Å². The van der Waals surface area contributed by atoms with Gasteiger partial charge in [-0.2, -0.15) is 0 Å². The average molecular weight is 391 g/mol. The molecule has 2 aromatic carbocycles. The van der Waals surface area contributed by atoms with Crippen LogP contribution >= 0.6 is 11.6 Å². The van der Waals surface area contributed by atoms with Gasteiger partial charge in [-0.3, -0.25) is 10.1 Å². The molecule has 7 heteroatoms. The van der Waals surface area contributed by atoms with E-state index in [2.05, 4.69) is 5.32 Å². The summed E-state index contributed by atoms with van der Waals surface area (Å²) in [6.07, 6.45) is 1.94. The van der Waals surface area contributed by atoms with E-state index >= 15 is 0 Å². The Morgan fingerprint density at radius 1 is 1.15 bits per heavy atom. The number of nitro groups is 1. The highest BCUT2D eigenvalue weighted by Gasteiger charge is 2.09. The quantitative estimate of drug-likeness (QED) is 0.367. The second-order valence-corrected chi connectivity index (χ2v) is 6.79. The van der Waals surface area contributed by atoms with Gasteiger partial charge in [0.1, 0.15) is 0 Å². The summed E-state index contributed by atoms with van der Waals surface area (Å²) in [6.45, 7) is 2.85. The van der Waals surface area contributed by atoms with E-state index in [4.69, 9.17) is 16.3 Å². The number of halogens is 1. The van der Waals surface area contributed by atoms with Gasteiger partial charge >= 0.3 is 6.09 Å². The maximum absolute atomic E-state index is 11.7. The van der Waals surface area contributed by atoms with Gasteiger partial charge in [-0.05, 0) is 48.4 Å². The van der Waals surface area contributed by atoms with Gasteiger partial charge in [0, 0.05) is 23.7 Å². The van der Waals surface area contributed by atoms with Crippen LogP contribution in [0.4, 0.5) is 10.5 Å². The lowest BCUT2D eigenvalue weighted by Crippen LogP contribution is -2.28. The summed E-state index contributed by atoms with van der Waals surface area (Å²) in [5.41, 5.74) is 2.22. The number of nitro benzene ring substituents is 1. The van der Waals surface area contributed by atoms with Gasteiger partial charge in [-0.15, -0.1) is 0 Å². The van der Waals surface area contributed by atoms with Crippen molar-refractivity contribution in [1.29, 1.82) is 0 Å². The highest BCUT2D eigenvalue weighted by molar-refractivity contribution is 6.30. The van der Waals surface area contributed by atoms with Crippen molar-refractivity contribution in [3.05, 3.63) is 74.8 Å². The fourth-order valence-corrected chi connectivity index (χ4v) is 2.70. The molecule has 1 atom stereocenters.